The van der Waals surface area contributed by atoms with Crippen molar-refractivity contribution in [2.24, 2.45) is 0 Å². The monoisotopic (exact) mass is 371 g/mol. The maximum absolute atomic E-state index is 12.7. The average Bonchev–Trinajstić information content (AvgIpc) is 2.82. The first-order valence-electron chi connectivity index (χ1n) is 10.0. The highest BCUT2D eigenvalue weighted by atomic mass is 16.2. The van der Waals surface area contributed by atoms with Crippen LogP contribution in [0.3, 0.4) is 0 Å². The third-order valence-electron chi connectivity index (χ3n) is 5.60. The van der Waals surface area contributed by atoms with Crippen LogP contribution in [0.2, 0.25) is 0 Å². The summed E-state index contributed by atoms with van der Waals surface area (Å²) < 4.78 is 0. The third-order valence-corrected chi connectivity index (χ3v) is 5.60. The lowest BCUT2D eigenvalue weighted by Crippen LogP contribution is -2.37. The minimum atomic E-state index is -0.622. The predicted octanol–water partition coefficient (Wildman–Crippen LogP) is 3.29. The Morgan fingerprint density at radius 1 is 1.15 bits per heavy atom. The Labute approximate surface area is 160 Å². The van der Waals surface area contributed by atoms with Crippen LogP contribution in [0.15, 0.2) is 30.3 Å². The number of hydrogen-bond acceptors (Lipinski definition) is 3. The molecule has 6 nitrogen and oxygen atoms in total. The fraction of sp³-hybridized carbons (Fsp3) is 0.571. The van der Waals surface area contributed by atoms with Crippen LogP contribution in [0, 0.1) is 0 Å². The smallest absolute Gasteiger partial charge is 0.325 e. The Bertz CT molecular complexity index is 669. The first-order valence-corrected chi connectivity index (χ1v) is 10.0. The van der Waals surface area contributed by atoms with Crippen LogP contribution in [-0.4, -0.2) is 34.8 Å². The minimum Gasteiger partial charge on any atom is -0.353 e. The molecule has 1 aromatic rings. The Morgan fingerprint density at radius 2 is 1.81 bits per heavy atom. The van der Waals surface area contributed by atoms with Crippen molar-refractivity contribution in [1.29, 1.82) is 0 Å². The van der Waals surface area contributed by atoms with E-state index >= 15 is 0 Å². The molecule has 2 aliphatic rings. The molecule has 2 fully saturated rings. The molecule has 0 bridgehead atoms. The minimum absolute atomic E-state index is 0.0292. The number of amides is 4. The molecule has 0 aromatic heterocycles. The molecule has 6 heteroatoms. The molecular weight excluding hydrogens is 342 g/mol. The van der Waals surface area contributed by atoms with Crippen LogP contribution in [0.4, 0.5) is 4.79 Å². The topological polar surface area (TPSA) is 78.5 Å². The molecule has 2 N–H and O–H groups in total. The summed E-state index contributed by atoms with van der Waals surface area (Å²) in [6.45, 7) is 1.84. The van der Waals surface area contributed by atoms with Crippen LogP contribution in [0.5, 0.6) is 0 Å². The summed E-state index contributed by atoms with van der Waals surface area (Å²) in [7, 11) is 0. The number of carbonyl (C=O) groups excluding carboxylic acids is 3. The molecule has 2 unspecified atom stereocenters. The number of nitrogens with zero attached hydrogens (tertiary/aromatic N) is 1. The number of urea groups is 1. The van der Waals surface area contributed by atoms with Gasteiger partial charge < -0.3 is 10.6 Å². The van der Waals surface area contributed by atoms with Gasteiger partial charge in [0, 0.05) is 12.5 Å². The van der Waals surface area contributed by atoms with Gasteiger partial charge >= 0.3 is 6.03 Å². The van der Waals surface area contributed by atoms with E-state index in [1.807, 2.05) is 37.3 Å². The second kappa shape index (κ2) is 9.02. The van der Waals surface area contributed by atoms with Gasteiger partial charge in [0.1, 0.15) is 6.04 Å². The Kier molecular flexibility index (Phi) is 6.48. The van der Waals surface area contributed by atoms with Gasteiger partial charge in [0.2, 0.25) is 5.91 Å². The summed E-state index contributed by atoms with van der Waals surface area (Å²) >= 11 is 0. The van der Waals surface area contributed by atoms with Gasteiger partial charge in [0.25, 0.3) is 5.91 Å². The van der Waals surface area contributed by atoms with Gasteiger partial charge in [0.05, 0.1) is 6.04 Å². The summed E-state index contributed by atoms with van der Waals surface area (Å²) in [5.41, 5.74) is 0.910. The normalized spacial score (nSPS) is 22.3. The van der Waals surface area contributed by atoms with Gasteiger partial charge in [-0.05, 0) is 31.7 Å². The van der Waals surface area contributed by atoms with Gasteiger partial charge in [-0.3, -0.25) is 14.5 Å². The number of rotatable bonds is 6. The molecule has 1 saturated heterocycles. The number of imide groups is 1. The fourth-order valence-corrected chi connectivity index (χ4v) is 3.99. The molecule has 27 heavy (non-hydrogen) atoms. The molecule has 1 aromatic carbocycles. The van der Waals surface area contributed by atoms with E-state index in [-0.39, 0.29) is 36.3 Å². The van der Waals surface area contributed by atoms with E-state index in [2.05, 4.69) is 10.6 Å². The van der Waals surface area contributed by atoms with E-state index in [1.165, 1.54) is 17.7 Å². The van der Waals surface area contributed by atoms with Crippen molar-refractivity contribution in [3.05, 3.63) is 35.9 Å². The van der Waals surface area contributed by atoms with Crippen LogP contribution in [-0.2, 0) is 9.59 Å². The van der Waals surface area contributed by atoms with Crippen molar-refractivity contribution in [1.82, 2.24) is 15.5 Å². The highest BCUT2D eigenvalue weighted by Crippen LogP contribution is 2.25. The van der Waals surface area contributed by atoms with Crippen molar-refractivity contribution >= 4 is 17.8 Å². The Balaban J connectivity index is 1.51. The second-order valence-electron chi connectivity index (χ2n) is 7.59. The van der Waals surface area contributed by atoms with E-state index in [4.69, 9.17) is 0 Å². The van der Waals surface area contributed by atoms with Crippen LogP contribution < -0.4 is 10.6 Å². The quantitative estimate of drug-likeness (QED) is 0.595. The highest BCUT2D eigenvalue weighted by molar-refractivity contribution is 6.04. The first kappa shape index (κ1) is 19.4. The summed E-state index contributed by atoms with van der Waals surface area (Å²) in [5, 5.41) is 5.82. The van der Waals surface area contributed by atoms with Crippen molar-refractivity contribution < 1.29 is 14.4 Å². The predicted molar refractivity (Wildman–Crippen MR) is 103 cm³/mol. The van der Waals surface area contributed by atoms with Gasteiger partial charge in [-0.1, -0.05) is 56.0 Å². The summed E-state index contributed by atoms with van der Waals surface area (Å²) in [6, 6.07) is 8.40. The SMILES string of the molecule is CC(c1ccccc1)N1C(=O)NC(CCC(=O)NC2CCCCCC2)C1=O. The molecule has 1 saturated carbocycles. The fourth-order valence-electron chi connectivity index (χ4n) is 3.99. The molecule has 3 rings (SSSR count). The molecule has 4 amide bonds. The molecule has 1 aliphatic carbocycles. The molecule has 0 radical (unpaired) electrons. The van der Waals surface area contributed by atoms with Crippen molar-refractivity contribution in [3.63, 3.8) is 0 Å². The van der Waals surface area contributed by atoms with Gasteiger partial charge in [-0.15, -0.1) is 0 Å². The molecule has 1 heterocycles. The van der Waals surface area contributed by atoms with E-state index in [0.717, 1.165) is 31.2 Å². The summed E-state index contributed by atoms with van der Waals surface area (Å²) in [6.07, 6.45) is 7.46. The summed E-state index contributed by atoms with van der Waals surface area (Å²) in [5.74, 6) is -0.280. The van der Waals surface area contributed by atoms with Crippen molar-refractivity contribution in [3.8, 4) is 0 Å². The molecular formula is C21H29N3O3. The molecule has 2 atom stereocenters. The third kappa shape index (κ3) is 4.87. The zero-order chi connectivity index (χ0) is 19.2. The van der Waals surface area contributed by atoms with E-state index in [1.54, 1.807) is 0 Å². The lowest BCUT2D eigenvalue weighted by Gasteiger charge is -2.22. The van der Waals surface area contributed by atoms with Crippen molar-refractivity contribution in [2.75, 3.05) is 0 Å². The van der Waals surface area contributed by atoms with Gasteiger partial charge in [-0.25, -0.2) is 4.79 Å². The van der Waals surface area contributed by atoms with E-state index < -0.39 is 6.04 Å². The van der Waals surface area contributed by atoms with E-state index in [9.17, 15) is 14.4 Å². The second-order valence-corrected chi connectivity index (χ2v) is 7.59. The van der Waals surface area contributed by atoms with Crippen LogP contribution in [0.1, 0.15) is 69.9 Å². The molecule has 146 valence electrons. The number of nitrogens with one attached hydrogen (secondary N) is 2. The first-order chi connectivity index (χ1) is 13.1. The standard InChI is InChI=1S/C21H29N3O3/c1-15(16-9-5-4-6-10-16)24-20(26)18(23-21(24)27)13-14-19(25)22-17-11-7-2-3-8-12-17/h4-6,9-10,15,17-18H,2-3,7-8,11-14H2,1H3,(H,22,25)(H,23,27). The molecule has 1 aliphatic heterocycles. The maximum Gasteiger partial charge on any atom is 0.325 e. The van der Waals surface area contributed by atoms with Crippen LogP contribution >= 0.6 is 0 Å². The number of hydrogen-bond donors (Lipinski definition) is 2. The molecule has 0 spiro atoms. The maximum atomic E-state index is 12.7. The summed E-state index contributed by atoms with van der Waals surface area (Å²) in [4.78, 5) is 38.5. The Hall–Kier alpha value is -2.37. The van der Waals surface area contributed by atoms with E-state index in [0.29, 0.717) is 6.42 Å². The lowest BCUT2D eigenvalue weighted by molar-refractivity contribution is -0.129. The van der Waals surface area contributed by atoms with Crippen LogP contribution in [0.25, 0.3) is 0 Å². The number of benzene rings is 1. The number of carbonyl (C=O) groups is 3. The van der Waals surface area contributed by atoms with Crippen molar-refractivity contribution in [2.45, 2.75) is 76.4 Å². The van der Waals surface area contributed by atoms with Gasteiger partial charge in [0.15, 0.2) is 0 Å². The average molecular weight is 371 g/mol. The largest absolute Gasteiger partial charge is 0.353 e. The lowest BCUT2D eigenvalue weighted by atomic mass is 10.1. The zero-order valence-corrected chi connectivity index (χ0v) is 15.9. The highest BCUT2D eigenvalue weighted by Gasteiger charge is 2.40. The van der Waals surface area contributed by atoms with Gasteiger partial charge in [-0.2, -0.15) is 0 Å². The Morgan fingerprint density at radius 3 is 2.48 bits per heavy atom. The zero-order valence-electron chi connectivity index (χ0n) is 15.9.